The zero-order valence-electron chi connectivity index (χ0n) is 12.2. The number of amides is 2. The summed E-state index contributed by atoms with van der Waals surface area (Å²) < 4.78 is 0. The van der Waals surface area contributed by atoms with E-state index in [2.05, 4.69) is 12.2 Å². The summed E-state index contributed by atoms with van der Waals surface area (Å²) in [6, 6.07) is -0.259. The van der Waals surface area contributed by atoms with Crippen molar-refractivity contribution in [3.05, 3.63) is 35.1 Å². The van der Waals surface area contributed by atoms with Gasteiger partial charge in [0.25, 0.3) is 0 Å². The normalized spacial score (nSPS) is 25.8. The van der Waals surface area contributed by atoms with Crippen LogP contribution >= 0.6 is 0 Å². The minimum Gasteiger partial charge on any atom is -0.330 e. The molecule has 0 fully saturated rings. The van der Waals surface area contributed by atoms with Crippen LogP contribution in [0.2, 0.25) is 5.72 Å². The predicted octanol–water partition coefficient (Wildman–Crippen LogP) is 1.73. The Morgan fingerprint density at radius 1 is 1.45 bits per heavy atom. The number of rotatable bonds is 2. The van der Waals surface area contributed by atoms with Crippen LogP contribution in [-0.4, -0.2) is 40.0 Å². The van der Waals surface area contributed by atoms with E-state index in [4.69, 9.17) is 23.5 Å². The number of allylic oxidation sites excluding steroid dienone is 4. The van der Waals surface area contributed by atoms with Crippen molar-refractivity contribution in [2.75, 3.05) is 0 Å². The Balaban J connectivity index is 2.53. The molecule has 3 nitrogen and oxygen atoms in total. The molecule has 0 bridgehead atoms. The van der Waals surface area contributed by atoms with E-state index in [-0.39, 0.29) is 6.03 Å². The lowest BCUT2D eigenvalue weighted by atomic mass is 9.62. The second-order valence-corrected chi connectivity index (χ2v) is 5.92. The fourth-order valence-corrected chi connectivity index (χ4v) is 2.49. The Morgan fingerprint density at radius 3 is 2.65 bits per heavy atom. The molecule has 1 heterocycles. The first-order chi connectivity index (χ1) is 9.24. The Labute approximate surface area is 124 Å². The molecule has 2 rings (SSSR count). The van der Waals surface area contributed by atoms with E-state index in [1.807, 2.05) is 32.1 Å². The van der Waals surface area contributed by atoms with Gasteiger partial charge in [-0.25, -0.2) is 4.79 Å². The molecule has 1 unspecified atom stereocenters. The quantitative estimate of drug-likeness (QED) is 0.755. The van der Waals surface area contributed by atoms with Gasteiger partial charge in [-0.3, -0.25) is 4.90 Å². The van der Waals surface area contributed by atoms with Crippen molar-refractivity contribution in [1.29, 1.82) is 0 Å². The van der Waals surface area contributed by atoms with Crippen molar-refractivity contribution in [1.82, 2.24) is 10.2 Å². The van der Waals surface area contributed by atoms with E-state index >= 15 is 0 Å². The van der Waals surface area contributed by atoms with Crippen molar-refractivity contribution in [2.24, 2.45) is 5.92 Å². The first-order valence-electron chi connectivity index (χ1n) is 6.76. The van der Waals surface area contributed by atoms with Gasteiger partial charge in [-0.15, -0.1) is 0 Å². The van der Waals surface area contributed by atoms with Crippen LogP contribution in [0.4, 0.5) is 4.79 Å². The highest BCUT2D eigenvalue weighted by molar-refractivity contribution is 6.39. The lowest BCUT2D eigenvalue weighted by Crippen LogP contribution is -2.56. The van der Waals surface area contributed by atoms with Crippen LogP contribution in [0.25, 0.3) is 0 Å². The number of hydrogen-bond donors (Lipinski definition) is 1. The zero-order valence-corrected chi connectivity index (χ0v) is 12.2. The number of urea groups is 1. The molecule has 6 radical (unpaired) electrons. The van der Waals surface area contributed by atoms with E-state index in [0.717, 1.165) is 12.1 Å². The first kappa shape index (κ1) is 15.1. The molecule has 1 aliphatic carbocycles. The summed E-state index contributed by atoms with van der Waals surface area (Å²) in [7, 11) is 17.8. The molecule has 1 atom stereocenters. The average Bonchev–Trinajstić information content (AvgIpc) is 2.32. The van der Waals surface area contributed by atoms with Crippen LogP contribution in [-0.2, 0) is 0 Å². The molecule has 98 valence electrons. The van der Waals surface area contributed by atoms with Crippen molar-refractivity contribution >= 4 is 29.6 Å². The Kier molecular flexibility index (Phi) is 3.94. The molecule has 20 heavy (non-hydrogen) atoms. The van der Waals surface area contributed by atoms with Crippen molar-refractivity contribution in [2.45, 2.75) is 38.4 Å². The fraction of sp³-hybridized carbons (Fsp3) is 0.500. The van der Waals surface area contributed by atoms with Gasteiger partial charge in [-0.1, -0.05) is 30.3 Å². The summed E-state index contributed by atoms with van der Waals surface area (Å²) in [6.45, 7) is 5.74. The number of carbonyl (C=O) groups excluding carboxylic acids is 1. The summed E-state index contributed by atoms with van der Waals surface area (Å²) in [5.74, 6) is 0.356. The lowest BCUT2D eigenvalue weighted by molar-refractivity contribution is 0.207. The van der Waals surface area contributed by atoms with Gasteiger partial charge in [0.1, 0.15) is 7.85 Å². The smallest absolute Gasteiger partial charge is 0.326 e. The summed E-state index contributed by atoms with van der Waals surface area (Å²) in [5.41, 5.74) is 0.232. The first-order valence-corrected chi connectivity index (χ1v) is 6.76. The predicted molar refractivity (Wildman–Crippen MR) is 83.5 cm³/mol. The third kappa shape index (κ3) is 2.61. The van der Waals surface area contributed by atoms with Crippen molar-refractivity contribution in [3.63, 3.8) is 0 Å². The standard InChI is InChI=1S/C14H17B3N2O/c1-8-5-4-6-9(7-8)19-10(12(16)17)11(15)14(2,3)18-13(19)20/h4,6-8,12H,5H2,1-3H3,(H,18,20). The van der Waals surface area contributed by atoms with E-state index in [1.54, 1.807) is 0 Å². The van der Waals surface area contributed by atoms with Gasteiger partial charge < -0.3 is 5.32 Å². The monoisotopic (exact) mass is 262 g/mol. The highest BCUT2D eigenvalue weighted by Gasteiger charge is 2.37. The Hall–Kier alpha value is -1.32. The Morgan fingerprint density at radius 2 is 2.10 bits per heavy atom. The van der Waals surface area contributed by atoms with Gasteiger partial charge in [0.05, 0.1) is 21.2 Å². The van der Waals surface area contributed by atoms with E-state index in [0.29, 0.717) is 17.1 Å². The van der Waals surface area contributed by atoms with Crippen LogP contribution in [0.1, 0.15) is 27.2 Å². The maximum Gasteiger partial charge on any atom is 0.326 e. The molecular formula is C14H17B3N2O. The molecule has 0 aromatic carbocycles. The molecule has 0 aromatic heterocycles. The summed E-state index contributed by atoms with van der Waals surface area (Å²) >= 11 is 0. The molecule has 0 saturated carbocycles. The van der Waals surface area contributed by atoms with Crippen molar-refractivity contribution in [3.8, 4) is 0 Å². The molecule has 0 saturated heterocycles. The van der Waals surface area contributed by atoms with E-state index in [9.17, 15) is 4.79 Å². The zero-order chi connectivity index (χ0) is 15.1. The minimum absolute atomic E-state index is 0.259. The maximum absolute atomic E-state index is 12.4. The second kappa shape index (κ2) is 5.23. The topological polar surface area (TPSA) is 32.3 Å². The number of nitrogens with one attached hydrogen (secondary N) is 1. The van der Waals surface area contributed by atoms with Gasteiger partial charge in [-0.2, -0.15) is 0 Å². The van der Waals surface area contributed by atoms with Gasteiger partial charge in [0, 0.05) is 11.4 Å². The second-order valence-electron chi connectivity index (χ2n) is 5.92. The number of carbonyl (C=O) groups is 1. The SMILES string of the molecule is [B]C1=C(C([B])[B])N(C2=CC(C)CC=C2)C(=O)NC1(C)C. The lowest BCUT2D eigenvalue weighted by Gasteiger charge is -2.44. The molecule has 0 spiro atoms. The average molecular weight is 262 g/mol. The number of nitrogens with zero attached hydrogens (tertiary/aromatic N) is 1. The van der Waals surface area contributed by atoms with Crippen LogP contribution in [0.15, 0.2) is 35.1 Å². The highest BCUT2D eigenvalue weighted by atomic mass is 16.2. The molecule has 0 aromatic rings. The third-order valence-corrected chi connectivity index (χ3v) is 3.64. The van der Waals surface area contributed by atoms with Gasteiger partial charge in [0.2, 0.25) is 0 Å². The summed E-state index contributed by atoms with van der Waals surface area (Å²) in [6.07, 6.45) is 6.90. The minimum atomic E-state index is -0.813. The maximum atomic E-state index is 12.4. The Bertz CT molecular complexity index is 521. The van der Waals surface area contributed by atoms with E-state index in [1.165, 1.54) is 4.90 Å². The van der Waals surface area contributed by atoms with Crippen LogP contribution < -0.4 is 5.32 Å². The van der Waals surface area contributed by atoms with E-state index < -0.39 is 11.3 Å². The van der Waals surface area contributed by atoms with Gasteiger partial charge in [0.15, 0.2) is 0 Å². The van der Waals surface area contributed by atoms with Crippen molar-refractivity contribution < 1.29 is 4.79 Å². The third-order valence-electron chi connectivity index (χ3n) is 3.64. The molecule has 1 aliphatic heterocycles. The fourth-order valence-electron chi connectivity index (χ4n) is 2.49. The molecule has 6 heteroatoms. The summed E-state index contributed by atoms with van der Waals surface area (Å²) in [4.78, 5) is 13.9. The summed E-state index contributed by atoms with van der Waals surface area (Å²) in [5, 5.41) is 2.87. The molecule has 2 amide bonds. The number of hydrogen-bond acceptors (Lipinski definition) is 1. The van der Waals surface area contributed by atoms with Crippen LogP contribution in [0.3, 0.4) is 0 Å². The highest BCUT2D eigenvalue weighted by Crippen LogP contribution is 2.34. The van der Waals surface area contributed by atoms with Crippen LogP contribution in [0.5, 0.6) is 0 Å². The molecule has 2 aliphatic rings. The van der Waals surface area contributed by atoms with Gasteiger partial charge >= 0.3 is 6.03 Å². The van der Waals surface area contributed by atoms with Gasteiger partial charge in [-0.05, 0) is 32.3 Å². The van der Waals surface area contributed by atoms with Crippen LogP contribution in [0, 0.1) is 5.92 Å². The molecule has 1 N–H and O–H groups in total. The molecular weight excluding hydrogens is 245 g/mol. The largest absolute Gasteiger partial charge is 0.330 e.